The molecule has 1 amide bonds. The first-order valence-corrected chi connectivity index (χ1v) is 10.6. The fraction of sp³-hybridized carbons (Fsp3) is 0.810. The molecule has 0 saturated heterocycles. The predicted octanol–water partition coefficient (Wildman–Crippen LogP) is 3.64. The Labute approximate surface area is 172 Å². The molecule has 0 bridgehead atoms. The average Bonchev–Trinajstić information content (AvgIpc) is 3.09. The van der Waals surface area contributed by atoms with Gasteiger partial charge in [0.2, 0.25) is 11.8 Å². The van der Waals surface area contributed by atoms with E-state index >= 15 is 0 Å². The Hall–Kier alpha value is -1.96. The van der Waals surface area contributed by atoms with Crippen molar-refractivity contribution >= 4 is 11.9 Å². The minimum Gasteiger partial charge on any atom is -0.460 e. The van der Waals surface area contributed by atoms with Crippen LogP contribution in [0.15, 0.2) is 4.52 Å². The summed E-state index contributed by atoms with van der Waals surface area (Å²) >= 11 is 0. The number of ether oxygens (including phenoxy) is 2. The highest BCUT2D eigenvalue weighted by molar-refractivity contribution is 5.74. The molecule has 0 radical (unpaired) electrons. The maximum Gasteiger partial charge on any atom is 0.307 e. The number of esters is 1. The quantitative estimate of drug-likeness (QED) is 0.554. The molecular weight excluding hydrogens is 374 g/mol. The van der Waals surface area contributed by atoms with Crippen molar-refractivity contribution in [2.45, 2.75) is 96.7 Å². The fourth-order valence-corrected chi connectivity index (χ4v) is 3.76. The van der Waals surface area contributed by atoms with Crippen LogP contribution >= 0.6 is 0 Å². The Morgan fingerprint density at radius 2 is 1.97 bits per heavy atom. The summed E-state index contributed by atoms with van der Waals surface area (Å²) in [5.41, 5.74) is 4.52. The molecule has 2 rings (SSSR count). The standard InChI is InChI=1S/C21H35N3O5/c1-21(2,3)28-19(26)12-16(11-7-10-15-8-5-4-6-9-15)20-23-18(24-29-20)14-27-13-17(22)25/h15-16H,4-14H2,1-3H3,(H2,22,25)/t16-/m1/s1. The van der Waals surface area contributed by atoms with Gasteiger partial charge in [0.05, 0.1) is 6.42 Å². The predicted molar refractivity (Wildman–Crippen MR) is 107 cm³/mol. The molecule has 8 nitrogen and oxygen atoms in total. The highest BCUT2D eigenvalue weighted by atomic mass is 16.6. The van der Waals surface area contributed by atoms with Crippen molar-refractivity contribution in [3.05, 3.63) is 11.7 Å². The summed E-state index contributed by atoms with van der Waals surface area (Å²) in [5.74, 6) is 0.515. The van der Waals surface area contributed by atoms with Crippen LogP contribution < -0.4 is 5.73 Å². The van der Waals surface area contributed by atoms with Gasteiger partial charge in [-0.15, -0.1) is 0 Å². The van der Waals surface area contributed by atoms with Crippen molar-refractivity contribution in [1.29, 1.82) is 0 Å². The minimum atomic E-state index is -0.556. The van der Waals surface area contributed by atoms with Gasteiger partial charge in [0.25, 0.3) is 0 Å². The zero-order valence-corrected chi connectivity index (χ0v) is 17.9. The summed E-state index contributed by atoms with van der Waals surface area (Å²) in [5, 5.41) is 3.90. The molecule has 1 heterocycles. The Bertz CT molecular complexity index is 647. The smallest absolute Gasteiger partial charge is 0.307 e. The fourth-order valence-electron chi connectivity index (χ4n) is 3.76. The van der Waals surface area contributed by atoms with Gasteiger partial charge in [-0.2, -0.15) is 4.98 Å². The number of aromatic nitrogens is 2. The summed E-state index contributed by atoms with van der Waals surface area (Å²) in [6, 6.07) is 0. The number of carbonyl (C=O) groups is 2. The molecule has 1 fully saturated rings. The van der Waals surface area contributed by atoms with Crippen molar-refractivity contribution in [3.8, 4) is 0 Å². The first kappa shape index (κ1) is 23.3. The van der Waals surface area contributed by atoms with E-state index in [2.05, 4.69) is 10.1 Å². The highest BCUT2D eigenvalue weighted by Crippen LogP contribution is 2.31. The van der Waals surface area contributed by atoms with Crippen molar-refractivity contribution < 1.29 is 23.6 Å². The van der Waals surface area contributed by atoms with Crippen LogP contribution in [0.2, 0.25) is 0 Å². The number of carbonyl (C=O) groups excluding carboxylic acids is 2. The van der Waals surface area contributed by atoms with Gasteiger partial charge in [-0.3, -0.25) is 9.59 Å². The van der Waals surface area contributed by atoms with Gasteiger partial charge in [-0.25, -0.2) is 0 Å². The van der Waals surface area contributed by atoms with Gasteiger partial charge in [-0.05, 0) is 33.1 Å². The molecule has 1 atom stereocenters. The molecule has 164 valence electrons. The van der Waals surface area contributed by atoms with Crippen molar-refractivity contribution in [1.82, 2.24) is 10.1 Å². The van der Waals surface area contributed by atoms with Gasteiger partial charge in [0.1, 0.15) is 18.8 Å². The second-order valence-electron chi connectivity index (χ2n) is 8.93. The number of primary amides is 1. The molecule has 1 aliphatic rings. The largest absolute Gasteiger partial charge is 0.460 e. The molecule has 2 N–H and O–H groups in total. The van der Waals surface area contributed by atoms with E-state index in [1.54, 1.807) is 0 Å². The van der Waals surface area contributed by atoms with Crippen LogP contribution in [0.3, 0.4) is 0 Å². The van der Waals surface area contributed by atoms with E-state index in [1.807, 2.05) is 20.8 Å². The SMILES string of the molecule is CC(C)(C)OC(=O)C[C@@H](CCCC1CCCCC1)c1nc(COCC(N)=O)no1. The van der Waals surface area contributed by atoms with Crippen molar-refractivity contribution in [2.24, 2.45) is 11.7 Å². The van der Waals surface area contributed by atoms with Crippen LogP contribution in [-0.2, 0) is 25.7 Å². The Kier molecular flexibility index (Phi) is 9.07. The summed E-state index contributed by atoms with van der Waals surface area (Å²) in [6.45, 7) is 5.39. The molecule has 1 aromatic rings. The molecule has 8 heteroatoms. The van der Waals surface area contributed by atoms with Crippen LogP contribution in [0.1, 0.15) is 96.2 Å². The molecule has 0 unspecified atom stereocenters. The highest BCUT2D eigenvalue weighted by Gasteiger charge is 2.26. The third-order valence-electron chi connectivity index (χ3n) is 5.03. The van der Waals surface area contributed by atoms with E-state index in [0.717, 1.165) is 25.2 Å². The number of rotatable bonds is 11. The lowest BCUT2D eigenvalue weighted by Gasteiger charge is -2.23. The monoisotopic (exact) mass is 409 g/mol. The molecular formula is C21H35N3O5. The minimum absolute atomic E-state index is 0.0354. The molecule has 0 spiro atoms. The molecule has 1 saturated carbocycles. The maximum atomic E-state index is 12.4. The Morgan fingerprint density at radius 3 is 2.62 bits per heavy atom. The summed E-state index contributed by atoms with van der Waals surface area (Å²) in [6.07, 6.45) is 9.76. The van der Waals surface area contributed by atoms with E-state index in [1.165, 1.54) is 32.1 Å². The molecule has 1 aliphatic carbocycles. The molecule has 0 aliphatic heterocycles. The zero-order valence-electron chi connectivity index (χ0n) is 17.9. The number of hydrogen-bond acceptors (Lipinski definition) is 7. The average molecular weight is 410 g/mol. The Balaban J connectivity index is 1.94. The van der Waals surface area contributed by atoms with E-state index < -0.39 is 11.5 Å². The summed E-state index contributed by atoms with van der Waals surface area (Å²) < 4.78 is 16.0. The zero-order chi connectivity index (χ0) is 21.3. The van der Waals surface area contributed by atoms with Crippen LogP contribution in [0.5, 0.6) is 0 Å². The van der Waals surface area contributed by atoms with E-state index in [4.69, 9.17) is 19.7 Å². The van der Waals surface area contributed by atoms with Crippen molar-refractivity contribution in [2.75, 3.05) is 6.61 Å². The first-order valence-electron chi connectivity index (χ1n) is 10.6. The van der Waals surface area contributed by atoms with Crippen LogP contribution in [0, 0.1) is 5.92 Å². The number of amides is 1. The summed E-state index contributed by atoms with van der Waals surface area (Å²) in [7, 11) is 0. The van der Waals surface area contributed by atoms with Gasteiger partial charge in [0, 0.05) is 5.92 Å². The van der Waals surface area contributed by atoms with Gasteiger partial charge < -0.3 is 19.7 Å². The number of hydrogen-bond donors (Lipinski definition) is 1. The maximum absolute atomic E-state index is 12.4. The van der Waals surface area contributed by atoms with E-state index in [-0.39, 0.29) is 31.5 Å². The molecule has 29 heavy (non-hydrogen) atoms. The normalized spacial score (nSPS) is 16.5. The number of nitrogens with zero attached hydrogens (tertiary/aromatic N) is 2. The molecule has 1 aromatic heterocycles. The van der Waals surface area contributed by atoms with Crippen LogP contribution in [0.4, 0.5) is 0 Å². The third kappa shape index (κ3) is 9.39. The third-order valence-corrected chi connectivity index (χ3v) is 5.03. The van der Waals surface area contributed by atoms with Crippen molar-refractivity contribution in [3.63, 3.8) is 0 Å². The lowest BCUT2D eigenvalue weighted by atomic mass is 9.84. The lowest BCUT2D eigenvalue weighted by Crippen LogP contribution is -2.25. The van der Waals surface area contributed by atoms with Gasteiger partial charge in [-0.1, -0.05) is 50.1 Å². The molecule has 0 aromatic carbocycles. The Morgan fingerprint density at radius 1 is 1.24 bits per heavy atom. The lowest BCUT2D eigenvalue weighted by molar-refractivity contribution is -0.155. The topological polar surface area (TPSA) is 118 Å². The van der Waals surface area contributed by atoms with Gasteiger partial charge >= 0.3 is 5.97 Å². The first-order chi connectivity index (χ1) is 13.7. The van der Waals surface area contributed by atoms with Gasteiger partial charge in [0.15, 0.2) is 5.82 Å². The van der Waals surface area contributed by atoms with E-state index in [0.29, 0.717) is 11.7 Å². The number of nitrogens with two attached hydrogens (primary N) is 1. The second-order valence-corrected chi connectivity index (χ2v) is 8.93. The van der Waals surface area contributed by atoms with Crippen LogP contribution in [-0.4, -0.2) is 34.2 Å². The van der Waals surface area contributed by atoms with E-state index in [9.17, 15) is 9.59 Å². The summed E-state index contributed by atoms with van der Waals surface area (Å²) in [4.78, 5) is 27.5. The van der Waals surface area contributed by atoms with Crippen LogP contribution in [0.25, 0.3) is 0 Å². The second kappa shape index (κ2) is 11.3.